The Balaban J connectivity index is 0.000000668. The zero-order valence-electron chi connectivity index (χ0n) is 17.9. The van der Waals surface area contributed by atoms with Crippen molar-refractivity contribution in [2.75, 3.05) is 6.54 Å². The number of carboxylic acids is 1. The Morgan fingerprint density at radius 3 is 2.53 bits per heavy atom. The molecule has 0 fully saturated rings. The Morgan fingerprint density at radius 2 is 1.88 bits per heavy atom. The number of aromatic amines is 1. The van der Waals surface area contributed by atoms with Crippen LogP contribution in [0.25, 0.3) is 33.2 Å². The molecule has 0 spiro atoms. The summed E-state index contributed by atoms with van der Waals surface area (Å²) >= 11 is 12.3. The fraction of sp³-hybridized carbons (Fsp3) is 0.261. The number of carboxylic acid groups (broad SMARTS) is 1. The summed E-state index contributed by atoms with van der Waals surface area (Å²) in [7, 11) is 0. The molecule has 2 aromatic heterocycles. The van der Waals surface area contributed by atoms with Gasteiger partial charge in [0.05, 0.1) is 27.6 Å². The van der Waals surface area contributed by atoms with Crippen molar-refractivity contribution in [2.45, 2.75) is 33.2 Å². The van der Waals surface area contributed by atoms with Gasteiger partial charge in [-0.05, 0) is 31.5 Å². The van der Waals surface area contributed by atoms with Crippen molar-refractivity contribution >= 4 is 51.1 Å². The first-order valence-electron chi connectivity index (χ1n) is 10.2. The van der Waals surface area contributed by atoms with Gasteiger partial charge in [0.15, 0.2) is 0 Å². The molecular weight excluding hydrogens is 451 g/mol. The number of carbonyl (C=O) groups is 1. The molecule has 4 rings (SSSR count). The van der Waals surface area contributed by atoms with Crippen LogP contribution in [0.5, 0.6) is 0 Å². The molecule has 0 aliphatic rings. The number of hydrogen-bond donors (Lipinski definition) is 2. The highest BCUT2D eigenvalue weighted by Gasteiger charge is 2.21. The molecule has 9 heteroatoms. The molecule has 4 aromatic rings. The Morgan fingerprint density at radius 1 is 1.22 bits per heavy atom. The molecule has 2 heterocycles. The van der Waals surface area contributed by atoms with E-state index in [0.29, 0.717) is 26.8 Å². The Hall–Kier alpha value is -2.87. The first-order chi connectivity index (χ1) is 15.3. The van der Waals surface area contributed by atoms with E-state index in [1.807, 2.05) is 18.2 Å². The number of halogens is 2. The van der Waals surface area contributed by atoms with Gasteiger partial charge in [-0.3, -0.25) is 4.79 Å². The highest BCUT2D eigenvalue weighted by molar-refractivity contribution is 6.42. The molecule has 0 aliphatic heterocycles. The standard InChI is InChI=1S/C21H20Cl2N4O.C2H4O2/c1-2-17-19(12-6-3-4-7-18(12)27(17)9-5-8-24)20-21(28)26-16-11-14(23)13(22)10-15(16)25-20;1-2(3)4/h3-4,6-7,10-11H,2,5,8-9,24H2,1H3,(H,26,28);1H3,(H,3,4). The van der Waals surface area contributed by atoms with Gasteiger partial charge in [-0.15, -0.1) is 0 Å². The number of aryl methyl sites for hydroxylation is 1. The Kier molecular flexibility index (Phi) is 7.56. The molecule has 0 unspecified atom stereocenters. The van der Waals surface area contributed by atoms with E-state index in [-0.39, 0.29) is 5.56 Å². The van der Waals surface area contributed by atoms with Crippen LogP contribution in [0.4, 0.5) is 0 Å². The largest absolute Gasteiger partial charge is 0.550 e. The Labute approximate surface area is 194 Å². The molecule has 0 aliphatic carbocycles. The highest BCUT2D eigenvalue weighted by Crippen LogP contribution is 2.34. The summed E-state index contributed by atoms with van der Waals surface area (Å²) in [5.74, 6) is -1.08. The second-order valence-electron chi connectivity index (χ2n) is 7.24. The first-order valence-corrected chi connectivity index (χ1v) is 11.0. The monoisotopic (exact) mass is 474 g/mol. The maximum atomic E-state index is 13.0. The summed E-state index contributed by atoms with van der Waals surface area (Å²) in [5.41, 5.74) is 8.42. The van der Waals surface area contributed by atoms with Crippen LogP contribution in [0.1, 0.15) is 26.0 Å². The summed E-state index contributed by atoms with van der Waals surface area (Å²) < 4.78 is 2.29. The highest BCUT2D eigenvalue weighted by atomic mass is 35.5. The average molecular weight is 475 g/mol. The van der Waals surface area contributed by atoms with E-state index in [4.69, 9.17) is 33.1 Å². The number of para-hydroxylation sites is 1. The molecule has 168 valence electrons. The second kappa shape index (κ2) is 10.2. The predicted molar refractivity (Wildman–Crippen MR) is 126 cm³/mol. The number of aliphatic carboxylic acids is 1. The number of fused-ring (bicyclic) bond motifs is 2. The average Bonchev–Trinajstić information content (AvgIpc) is 3.06. The molecule has 0 amide bonds. The van der Waals surface area contributed by atoms with E-state index >= 15 is 0 Å². The molecule has 0 saturated heterocycles. The number of hydrogen-bond acceptors (Lipinski definition) is 4. The van der Waals surface area contributed by atoms with E-state index in [2.05, 4.69) is 33.3 Å². The van der Waals surface area contributed by atoms with Crippen molar-refractivity contribution < 1.29 is 15.6 Å². The van der Waals surface area contributed by atoms with E-state index in [1.165, 1.54) is 0 Å². The minimum absolute atomic E-state index is 0.236. The number of nitrogens with zero attached hydrogens (tertiary/aromatic N) is 2. The molecular formula is C23H24Cl2N4O3. The zero-order chi connectivity index (χ0) is 23.4. The number of benzene rings is 2. The van der Waals surface area contributed by atoms with Crippen LogP contribution >= 0.6 is 23.2 Å². The molecule has 4 N–H and O–H groups in total. The first kappa shape index (κ1) is 23.8. The van der Waals surface area contributed by atoms with Crippen LogP contribution in [-0.4, -0.2) is 27.0 Å². The predicted octanol–water partition coefficient (Wildman–Crippen LogP) is 2.80. The van der Waals surface area contributed by atoms with Crippen molar-refractivity contribution in [1.82, 2.24) is 14.5 Å². The quantitative estimate of drug-likeness (QED) is 0.461. The van der Waals surface area contributed by atoms with Gasteiger partial charge in [-0.1, -0.05) is 48.3 Å². The number of aromatic nitrogens is 3. The lowest BCUT2D eigenvalue weighted by Crippen LogP contribution is -2.50. The van der Waals surface area contributed by atoms with E-state index < -0.39 is 5.97 Å². The van der Waals surface area contributed by atoms with Crippen molar-refractivity contribution in [3.8, 4) is 11.3 Å². The molecule has 2 aromatic carbocycles. The lowest BCUT2D eigenvalue weighted by atomic mass is 10.1. The molecule has 0 bridgehead atoms. The SMILES string of the molecule is CC(=O)[O-].CCc1c(-c2nc3cc(Cl)c(Cl)cc3[nH]c2=O)c2ccccc2n1CCC[NH3+]. The molecule has 0 atom stereocenters. The van der Waals surface area contributed by atoms with Crippen LogP contribution in [0.3, 0.4) is 0 Å². The van der Waals surface area contributed by atoms with Gasteiger partial charge < -0.3 is 25.2 Å². The van der Waals surface area contributed by atoms with Crippen molar-refractivity contribution in [3.63, 3.8) is 0 Å². The topological polar surface area (TPSA) is 118 Å². The second-order valence-corrected chi connectivity index (χ2v) is 8.06. The number of quaternary nitrogens is 1. The summed E-state index contributed by atoms with van der Waals surface area (Å²) in [6.07, 6.45) is 1.77. The van der Waals surface area contributed by atoms with Crippen LogP contribution in [0.15, 0.2) is 41.2 Å². The third-order valence-corrected chi connectivity index (χ3v) is 5.74. The fourth-order valence-electron chi connectivity index (χ4n) is 3.76. The van der Waals surface area contributed by atoms with Gasteiger partial charge in [-0.2, -0.15) is 0 Å². The summed E-state index contributed by atoms with van der Waals surface area (Å²) in [4.78, 5) is 29.4. The van der Waals surface area contributed by atoms with Crippen LogP contribution < -0.4 is 16.4 Å². The van der Waals surface area contributed by atoms with Gasteiger partial charge in [0.2, 0.25) is 0 Å². The minimum Gasteiger partial charge on any atom is -0.550 e. The van der Waals surface area contributed by atoms with Gasteiger partial charge >= 0.3 is 0 Å². The third-order valence-electron chi connectivity index (χ3n) is 5.02. The van der Waals surface area contributed by atoms with E-state index in [1.54, 1.807) is 12.1 Å². The fourth-order valence-corrected chi connectivity index (χ4v) is 4.09. The normalized spacial score (nSPS) is 10.9. The van der Waals surface area contributed by atoms with Crippen LogP contribution in [0.2, 0.25) is 10.0 Å². The summed E-state index contributed by atoms with van der Waals surface area (Å²) in [6.45, 7) is 4.80. The van der Waals surface area contributed by atoms with Crippen molar-refractivity contribution in [1.29, 1.82) is 0 Å². The third kappa shape index (κ3) is 4.80. The van der Waals surface area contributed by atoms with Gasteiger partial charge in [0.1, 0.15) is 5.69 Å². The lowest BCUT2D eigenvalue weighted by Gasteiger charge is -2.10. The maximum Gasteiger partial charge on any atom is 0.275 e. The van der Waals surface area contributed by atoms with Crippen molar-refractivity contribution in [3.05, 3.63) is 62.5 Å². The lowest BCUT2D eigenvalue weighted by molar-refractivity contribution is -0.368. The molecule has 0 radical (unpaired) electrons. The summed E-state index contributed by atoms with van der Waals surface area (Å²) in [6, 6.07) is 11.5. The number of H-pyrrole nitrogens is 1. The van der Waals surface area contributed by atoms with E-state index in [9.17, 15) is 4.79 Å². The summed E-state index contributed by atoms with van der Waals surface area (Å²) in [5, 5.41) is 10.7. The maximum absolute atomic E-state index is 13.0. The van der Waals surface area contributed by atoms with Crippen LogP contribution in [0, 0.1) is 0 Å². The van der Waals surface area contributed by atoms with Gasteiger partial charge in [0.25, 0.3) is 5.56 Å². The van der Waals surface area contributed by atoms with Gasteiger partial charge in [0, 0.05) is 41.1 Å². The minimum atomic E-state index is -1.08. The van der Waals surface area contributed by atoms with E-state index in [0.717, 1.165) is 55.0 Å². The number of rotatable bonds is 5. The molecule has 0 saturated carbocycles. The Bertz CT molecular complexity index is 1340. The number of nitrogens with one attached hydrogen (secondary N) is 1. The van der Waals surface area contributed by atoms with Crippen LogP contribution in [-0.2, 0) is 17.8 Å². The number of carbonyl (C=O) groups excluding carboxylic acids is 1. The van der Waals surface area contributed by atoms with Crippen molar-refractivity contribution in [2.24, 2.45) is 0 Å². The smallest absolute Gasteiger partial charge is 0.275 e. The zero-order valence-corrected chi connectivity index (χ0v) is 19.4. The van der Waals surface area contributed by atoms with Gasteiger partial charge in [-0.25, -0.2) is 4.98 Å². The molecule has 7 nitrogen and oxygen atoms in total. The molecule has 32 heavy (non-hydrogen) atoms.